The third-order valence-corrected chi connectivity index (χ3v) is 5.24. The van der Waals surface area contributed by atoms with Gasteiger partial charge in [-0.2, -0.15) is 13.2 Å². The largest absolute Gasteiger partial charge is 0.456 e. The van der Waals surface area contributed by atoms with Crippen LogP contribution in [-0.4, -0.2) is 20.9 Å². The summed E-state index contributed by atoms with van der Waals surface area (Å²) in [4.78, 5) is 24.4. The fourth-order valence-corrected chi connectivity index (χ4v) is 3.57. The van der Waals surface area contributed by atoms with E-state index < -0.39 is 17.6 Å². The normalized spacial score (nSPS) is 11.4. The Balaban J connectivity index is 1.41. The van der Waals surface area contributed by atoms with Crippen molar-refractivity contribution < 1.29 is 22.7 Å². The maximum atomic E-state index is 13.0. The predicted octanol–water partition coefficient (Wildman–Crippen LogP) is 6.69. The number of ether oxygens (including phenoxy) is 1. The third kappa shape index (κ3) is 4.84. The molecule has 0 aliphatic carbocycles. The van der Waals surface area contributed by atoms with Crippen LogP contribution < -0.4 is 10.1 Å². The number of amides is 1. The Morgan fingerprint density at radius 3 is 2.54 bits per heavy atom. The lowest BCUT2D eigenvalue weighted by atomic mass is 10.1. The highest BCUT2D eigenvalue weighted by Gasteiger charge is 2.30. The van der Waals surface area contributed by atoms with Crippen molar-refractivity contribution in [3.05, 3.63) is 103 Å². The molecule has 0 unspecified atom stereocenters. The van der Waals surface area contributed by atoms with Crippen LogP contribution in [0.3, 0.4) is 0 Å². The molecule has 2 aromatic carbocycles. The van der Waals surface area contributed by atoms with Gasteiger partial charge in [0.05, 0.1) is 16.6 Å². The quantitative estimate of drug-likeness (QED) is 0.298. The second-order valence-corrected chi connectivity index (χ2v) is 7.64. The number of anilines is 1. The van der Waals surface area contributed by atoms with E-state index in [9.17, 15) is 18.0 Å². The summed E-state index contributed by atoms with van der Waals surface area (Å²) in [6.45, 7) is 0. The lowest BCUT2D eigenvalue weighted by molar-refractivity contribution is -0.137. The predicted molar refractivity (Wildman–Crippen MR) is 125 cm³/mol. The maximum Gasteiger partial charge on any atom is 0.416 e. The van der Waals surface area contributed by atoms with Crippen LogP contribution in [0.25, 0.3) is 22.3 Å². The van der Waals surface area contributed by atoms with E-state index in [1.54, 1.807) is 42.9 Å². The number of halogens is 3. The van der Waals surface area contributed by atoms with Gasteiger partial charge in [-0.25, -0.2) is 4.98 Å². The zero-order valence-electron chi connectivity index (χ0n) is 18.0. The molecule has 0 bridgehead atoms. The lowest BCUT2D eigenvalue weighted by Crippen LogP contribution is -2.13. The van der Waals surface area contributed by atoms with Crippen molar-refractivity contribution in [3.8, 4) is 22.8 Å². The summed E-state index contributed by atoms with van der Waals surface area (Å²) in [6, 6.07) is 18.2. The molecule has 0 saturated carbocycles. The summed E-state index contributed by atoms with van der Waals surface area (Å²) in [5.41, 5.74) is 1.60. The van der Waals surface area contributed by atoms with Gasteiger partial charge in [0.2, 0.25) is 0 Å². The van der Waals surface area contributed by atoms with Crippen LogP contribution in [0.5, 0.6) is 11.5 Å². The van der Waals surface area contributed by atoms with Gasteiger partial charge >= 0.3 is 6.18 Å². The molecule has 1 amide bonds. The lowest BCUT2D eigenvalue weighted by Gasteiger charge is -2.12. The molecule has 2 N–H and O–H groups in total. The van der Waals surface area contributed by atoms with Gasteiger partial charge in [-0.05, 0) is 54.6 Å². The number of benzene rings is 2. The Morgan fingerprint density at radius 2 is 1.74 bits per heavy atom. The van der Waals surface area contributed by atoms with Gasteiger partial charge in [0, 0.05) is 41.5 Å². The summed E-state index contributed by atoms with van der Waals surface area (Å²) in [7, 11) is 0. The minimum absolute atomic E-state index is 0.0429. The van der Waals surface area contributed by atoms with E-state index in [4.69, 9.17) is 4.74 Å². The molecule has 0 radical (unpaired) electrons. The summed E-state index contributed by atoms with van der Waals surface area (Å²) >= 11 is 0. The second kappa shape index (κ2) is 8.94. The molecular weight excluding hydrogens is 457 g/mol. The van der Waals surface area contributed by atoms with Crippen LogP contribution in [0.1, 0.15) is 15.9 Å². The number of hydrogen-bond donors (Lipinski definition) is 2. The summed E-state index contributed by atoms with van der Waals surface area (Å²) < 4.78 is 45.0. The molecule has 0 aliphatic heterocycles. The van der Waals surface area contributed by atoms with Gasteiger partial charge in [-0.1, -0.05) is 12.1 Å². The van der Waals surface area contributed by atoms with E-state index in [1.165, 1.54) is 18.2 Å². The van der Waals surface area contributed by atoms with Crippen LogP contribution in [0.2, 0.25) is 0 Å². The van der Waals surface area contributed by atoms with E-state index in [-0.39, 0.29) is 11.3 Å². The Morgan fingerprint density at radius 1 is 0.943 bits per heavy atom. The highest BCUT2D eigenvalue weighted by atomic mass is 19.4. The smallest absolute Gasteiger partial charge is 0.416 e. The summed E-state index contributed by atoms with van der Waals surface area (Å²) in [5, 5.41) is 3.25. The summed E-state index contributed by atoms with van der Waals surface area (Å²) in [5.74, 6) is 0.350. The maximum absolute atomic E-state index is 13.0. The van der Waals surface area contributed by atoms with Gasteiger partial charge in [-0.3, -0.25) is 9.78 Å². The number of aromatic amines is 1. The van der Waals surface area contributed by atoms with Gasteiger partial charge < -0.3 is 15.0 Å². The number of hydrogen-bond acceptors (Lipinski definition) is 4. The van der Waals surface area contributed by atoms with Gasteiger partial charge in [0.25, 0.3) is 5.91 Å². The molecule has 9 heteroatoms. The average molecular weight is 474 g/mol. The molecule has 3 heterocycles. The first kappa shape index (κ1) is 22.1. The minimum atomic E-state index is -4.50. The SMILES string of the molecule is O=C(Nc1cccc(C(F)(F)F)c1)c1cccc(Oc2cc(-c3ccncc3)nc3[nH]ccc23)c1. The highest BCUT2D eigenvalue weighted by Crippen LogP contribution is 2.33. The monoisotopic (exact) mass is 474 g/mol. The Hall–Kier alpha value is -4.66. The Labute approximate surface area is 197 Å². The zero-order chi connectivity index (χ0) is 24.4. The molecule has 0 saturated heterocycles. The molecular formula is C26H17F3N4O2. The molecule has 3 aromatic heterocycles. The molecule has 0 fully saturated rings. The van der Waals surface area contributed by atoms with E-state index >= 15 is 0 Å². The number of rotatable bonds is 5. The van der Waals surface area contributed by atoms with Crippen LogP contribution in [0.4, 0.5) is 18.9 Å². The number of nitrogens with zero attached hydrogens (tertiary/aromatic N) is 2. The molecule has 0 aliphatic rings. The van der Waals surface area contributed by atoms with Gasteiger partial charge in [0.15, 0.2) is 0 Å². The Kier molecular flexibility index (Phi) is 5.66. The Bertz CT molecular complexity index is 1510. The van der Waals surface area contributed by atoms with Crippen molar-refractivity contribution in [2.24, 2.45) is 0 Å². The fraction of sp³-hybridized carbons (Fsp3) is 0.0385. The van der Waals surface area contributed by atoms with Crippen molar-refractivity contribution in [1.29, 1.82) is 0 Å². The number of aromatic nitrogens is 3. The molecule has 5 aromatic rings. The number of H-pyrrole nitrogens is 1. The summed E-state index contributed by atoms with van der Waals surface area (Å²) in [6.07, 6.45) is 0.587. The zero-order valence-corrected chi connectivity index (χ0v) is 18.0. The minimum Gasteiger partial charge on any atom is -0.456 e. The molecule has 5 rings (SSSR count). The third-order valence-electron chi connectivity index (χ3n) is 5.24. The van der Waals surface area contributed by atoms with E-state index in [0.717, 1.165) is 23.1 Å². The average Bonchev–Trinajstić information content (AvgIpc) is 3.34. The number of fused-ring (bicyclic) bond motifs is 1. The first-order valence-corrected chi connectivity index (χ1v) is 10.5. The molecule has 0 atom stereocenters. The number of nitrogens with one attached hydrogen (secondary N) is 2. The first-order chi connectivity index (χ1) is 16.9. The molecule has 0 spiro atoms. The fourth-order valence-electron chi connectivity index (χ4n) is 3.57. The molecule has 6 nitrogen and oxygen atoms in total. The first-order valence-electron chi connectivity index (χ1n) is 10.5. The molecule has 174 valence electrons. The second-order valence-electron chi connectivity index (χ2n) is 7.64. The van der Waals surface area contributed by atoms with Crippen LogP contribution >= 0.6 is 0 Å². The molecule has 35 heavy (non-hydrogen) atoms. The number of pyridine rings is 2. The van der Waals surface area contributed by atoms with Crippen molar-refractivity contribution in [2.45, 2.75) is 6.18 Å². The van der Waals surface area contributed by atoms with Crippen molar-refractivity contribution in [1.82, 2.24) is 15.0 Å². The van der Waals surface area contributed by atoms with Gasteiger partial charge in [-0.15, -0.1) is 0 Å². The number of alkyl halides is 3. The van der Waals surface area contributed by atoms with Gasteiger partial charge in [0.1, 0.15) is 17.1 Å². The standard InChI is InChI=1S/C26H17F3N4O2/c27-26(28,29)18-4-2-5-19(14-18)32-25(34)17-3-1-6-20(13-17)35-23-15-22(16-7-10-30-11-8-16)33-24-21(23)9-12-31-24/h1-15H,(H,31,33)(H,32,34). The van der Waals surface area contributed by atoms with E-state index in [2.05, 4.69) is 20.3 Å². The van der Waals surface area contributed by atoms with Crippen LogP contribution in [0, 0.1) is 0 Å². The number of carbonyl (C=O) groups excluding carboxylic acids is 1. The number of carbonyl (C=O) groups is 1. The van der Waals surface area contributed by atoms with E-state index in [1.807, 2.05) is 18.2 Å². The van der Waals surface area contributed by atoms with Crippen LogP contribution in [-0.2, 0) is 6.18 Å². The highest BCUT2D eigenvalue weighted by molar-refractivity contribution is 6.04. The topological polar surface area (TPSA) is 79.9 Å². The van der Waals surface area contributed by atoms with E-state index in [0.29, 0.717) is 22.8 Å². The van der Waals surface area contributed by atoms with Crippen molar-refractivity contribution >= 4 is 22.6 Å². The van der Waals surface area contributed by atoms with Crippen LogP contribution in [0.15, 0.2) is 91.4 Å². The van der Waals surface area contributed by atoms with Crippen molar-refractivity contribution in [3.63, 3.8) is 0 Å². The van der Waals surface area contributed by atoms with Crippen molar-refractivity contribution in [2.75, 3.05) is 5.32 Å².